The lowest BCUT2D eigenvalue weighted by Crippen LogP contribution is -2.48. The van der Waals surface area contributed by atoms with E-state index >= 15 is 0 Å². The van der Waals surface area contributed by atoms with Gasteiger partial charge in [-0.05, 0) is 23.7 Å². The minimum Gasteiger partial charge on any atom is -0.380 e. The molecule has 23 heavy (non-hydrogen) atoms. The van der Waals surface area contributed by atoms with Crippen LogP contribution in [0.2, 0.25) is 0 Å². The van der Waals surface area contributed by atoms with Gasteiger partial charge in [0.1, 0.15) is 5.01 Å². The predicted octanol–water partition coefficient (Wildman–Crippen LogP) is 2.04. The highest BCUT2D eigenvalue weighted by atomic mass is 32.1. The minimum absolute atomic E-state index is 0.0593. The van der Waals surface area contributed by atoms with Crippen LogP contribution in [0.25, 0.3) is 10.6 Å². The molecule has 2 aromatic rings. The Bertz CT molecular complexity index is 692. The van der Waals surface area contributed by atoms with Crippen molar-refractivity contribution in [1.82, 2.24) is 14.7 Å². The van der Waals surface area contributed by atoms with Crippen LogP contribution in [0.4, 0.5) is 5.95 Å². The molecular weight excluding hydrogens is 312 g/mol. The number of rotatable bonds is 5. The Balaban J connectivity index is 1.65. The normalized spacial score (nSPS) is 15.8. The molecule has 0 saturated carbocycles. The standard InChI is InChI=1S/C16H20N4O2S/c1-16(9-22-10-16)8-17-13(21)11-4-6-12(7-5-11)14-18-15(19-23-14)20(2)3/h4-7H,8-10H2,1-3H3,(H,17,21). The summed E-state index contributed by atoms with van der Waals surface area (Å²) in [5.41, 5.74) is 1.69. The summed E-state index contributed by atoms with van der Waals surface area (Å²) < 4.78 is 9.48. The van der Waals surface area contributed by atoms with Gasteiger partial charge in [0, 0.05) is 37.2 Å². The summed E-state index contributed by atoms with van der Waals surface area (Å²) in [6.07, 6.45) is 0. The van der Waals surface area contributed by atoms with Crippen molar-refractivity contribution in [1.29, 1.82) is 0 Å². The van der Waals surface area contributed by atoms with Gasteiger partial charge in [0.25, 0.3) is 5.91 Å². The van der Waals surface area contributed by atoms with E-state index in [1.165, 1.54) is 11.5 Å². The number of amides is 1. The molecular formula is C16H20N4O2S. The van der Waals surface area contributed by atoms with Crippen LogP contribution >= 0.6 is 11.5 Å². The molecule has 1 saturated heterocycles. The molecule has 3 rings (SSSR count). The topological polar surface area (TPSA) is 67.4 Å². The van der Waals surface area contributed by atoms with Gasteiger partial charge in [-0.15, -0.1) is 0 Å². The van der Waals surface area contributed by atoms with Gasteiger partial charge in [0.2, 0.25) is 5.95 Å². The van der Waals surface area contributed by atoms with E-state index in [-0.39, 0.29) is 11.3 Å². The van der Waals surface area contributed by atoms with Crippen molar-refractivity contribution in [2.45, 2.75) is 6.92 Å². The van der Waals surface area contributed by atoms with E-state index in [9.17, 15) is 4.79 Å². The van der Waals surface area contributed by atoms with E-state index in [0.717, 1.165) is 10.6 Å². The highest BCUT2D eigenvalue weighted by Gasteiger charge is 2.33. The number of carbonyl (C=O) groups is 1. The van der Waals surface area contributed by atoms with Gasteiger partial charge in [-0.3, -0.25) is 4.79 Å². The van der Waals surface area contributed by atoms with Crippen LogP contribution in [0, 0.1) is 5.41 Å². The van der Waals surface area contributed by atoms with Gasteiger partial charge in [-0.25, -0.2) is 0 Å². The SMILES string of the molecule is CN(C)c1nsc(-c2ccc(C(=O)NCC3(C)COC3)cc2)n1. The number of aromatic nitrogens is 2. The molecule has 2 heterocycles. The third kappa shape index (κ3) is 3.51. The van der Waals surface area contributed by atoms with Crippen LogP contribution in [-0.2, 0) is 4.74 Å². The number of benzene rings is 1. The first-order chi connectivity index (χ1) is 11.0. The van der Waals surface area contributed by atoms with E-state index in [1.54, 1.807) is 0 Å². The summed E-state index contributed by atoms with van der Waals surface area (Å²) in [7, 11) is 3.82. The van der Waals surface area contributed by atoms with E-state index in [0.29, 0.717) is 31.3 Å². The first-order valence-electron chi connectivity index (χ1n) is 7.44. The number of nitrogens with zero attached hydrogens (tertiary/aromatic N) is 3. The van der Waals surface area contributed by atoms with Gasteiger partial charge < -0.3 is 15.0 Å². The Kier molecular flexibility index (Phi) is 4.32. The van der Waals surface area contributed by atoms with Gasteiger partial charge in [-0.2, -0.15) is 9.36 Å². The molecule has 6 nitrogen and oxygen atoms in total. The second-order valence-electron chi connectivity index (χ2n) is 6.36. The molecule has 1 aromatic heterocycles. The van der Waals surface area contributed by atoms with Crippen molar-refractivity contribution in [2.75, 3.05) is 38.8 Å². The van der Waals surface area contributed by atoms with Crippen LogP contribution in [-0.4, -0.2) is 49.1 Å². The molecule has 0 radical (unpaired) electrons. The van der Waals surface area contributed by atoms with Gasteiger partial charge in [0.05, 0.1) is 13.2 Å². The summed E-state index contributed by atoms with van der Waals surface area (Å²) in [6.45, 7) is 4.16. The Hall–Kier alpha value is -1.99. The highest BCUT2D eigenvalue weighted by molar-refractivity contribution is 7.09. The predicted molar refractivity (Wildman–Crippen MR) is 90.9 cm³/mol. The second-order valence-corrected chi connectivity index (χ2v) is 7.11. The van der Waals surface area contributed by atoms with Crippen molar-refractivity contribution in [2.24, 2.45) is 5.41 Å². The molecule has 1 aliphatic heterocycles. The van der Waals surface area contributed by atoms with Crippen molar-refractivity contribution >= 4 is 23.4 Å². The molecule has 0 aliphatic carbocycles. The third-order valence-corrected chi connectivity index (χ3v) is 4.54. The Morgan fingerprint density at radius 3 is 2.57 bits per heavy atom. The van der Waals surface area contributed by atoms with Gasteiger partial charge in [-0.1, -0.05) is 19.1 Å². The van der Waals surface area contributed by atoms with Crippen molar-refractivity contribution in [3.63, 3.8) is 0 Å². The second kappa shape index (κ2) is 6.25. The van der Waals surface area contributed by atoms with Crippen LogP contribution in [0.15, 0.2) is 24.3 Å². The van der Waals surface area contributed by atoms with Crippen LogP contribution in [0.5, 0.6) is 0 Å². The van der Waals surface area contributed by atoms with Crippen LogP contribution in [0.3, 0.4) is 0 Å². The van der Waals surface area contributed by atoms with Gasteiger partial charge in [0.15, 0.2) is 0 Å². The molecule has 122 valence electrons. The van der Waals surface area contributed by atoms with E-state index in [2.05, 4.69) is 21.6 Å². The molecule has 1 amide bonds. The van der Waals surface area contributed by atoms with E-state index in [1.807, 2.05) is 43.3 Å². The average Bonchev–Trinajstić information content (AvgIpc) is 3.01. The number of carbonyl (C=O) groups excluding carboxylic acids is 1. The fourth-order valence-corrected chi connectivity index (χ4v) is 2.96. The number of nitrogens with one attached hydrogen (secondary N) is 1. The van der Waals surface area contributed by atoms with E-state index < -0.39 is 0 Å². The molecule has 0 unspecified atom stereocenters. The summed E-state index contributed by atoms with van der Waals surface area (Å²) >= 11 is 1.35. The van der Waals surface area contributed by atoms with Crippen molar-refractivity contribution in [3.8, 4) is 10.6 Å². The van der Waals surface area contributed by atoms with Crippen molar-refractivity contribution < 1.29 is 9.53 Å². The molecule has 1 N–H and O–H groups in total. The maximum absolute atomic E-state index is 12.2. The minimum atomic E-state index is -0.0593. The Labute approximate surface area is 139 Å². The number of ether oxygens (including phenoxy) is 1. The van der Waals surface area contributed by atoms with Crippen molar-refractivity contribution in [3.05, 3.63) is 29.8 Å². The quantitative estimate of drug-likeness (QED) is 0.907. The lowest BCUT2D eigenvalue weighted by molar-refractivity contribution is -0.0978. The zero-order valence-corrected chi connectivity index (χ0v) is 14.3. The first-order valence-corrected chi connectivity index (χ1v) is 8.22. The molecule has 0 bridgehead atoms. The number of hydrogen-bond donors (Lipinski definition) is 1. The summed E-state index contributed by atoms with van der Waals surface area (Å²) in [5, 5.41) is 3.82. The lowest BCUT2D eigenvalue weighted by atomic mass is 9.88. The number of anilines is 1. The van der Waals surface area contributed by atoms with Crippen LogP contribution in [0.1, 0.15) is 17.3 Å². The molecule has 1 fully saturated rings. The lowest BCUT2D eigenvalue weighted by Gasteiger charge is -2.38. The summed E-state index contributed by atoms with van der Waals surface area (Å²) in [4.78, 5) is 18.5. The maximum Gasteiger partial charge on any atom is 0.251 e. The maximum atomic E-state index is 12.2. The third-order valence-electron chi connectivity index (χ3n) is 3.79. The highest BCUT2D eigenvalue weighted by Crippen LogP contribution is 2.26. The Morgan fingerprint density at radius 1 is 1.35 bits per heavy atom. The Morgan fingerprint density at radius 2 is 2.04 bits per heavy atom. The largest absolute Gasteiger partial charge is 0.380 e. The molecule has 0 spiro atoms. The average molecular weight is 332 g/mol. The molecule has 1 aliphatic rings. The fourth-order valence-electron chi connectivity index (χ4n) is 2.23. The van der Waals surface area contributed by atoms with Gasteiger partial charge >= 0.3 is 0 Å². The zero-order valence-electron chi connectivity index (χ0n) is 13.5. The van der Waals surface area contributed by atoms with E-state index in [4.69, 9.17) is 4.74 Å². The smallest absolute Gasteiger partial charge is 0.251 e. The zero-order chi connectivity index (χ0) is 16.4. The summed E-state index contributed by atoms with van der Waals surface area (Å²) in [6, 6.07) is 7.45. The first kappa shape index (κ1) is 15.9. The molecule has 1 aromatic carbocycles. The fraction of sp³-hybridized carbons (Fsp3) is 0.438. The summed E-state index contributed by atoms with van der Waals surface area (Å²) in [5.74, 6) is 0.638. The molecule has 7 heteroatoms. The number of hydrogen-bond acceptors (Lipinski definition) is 6. The molecule has 0 atom stereocenters. The van der Waals surface area contributed by atoms with Crippen LogP contribution < -0.4 is 10.2 Å². The monoisotopic (exact) mass is 332 g/mol.